The molecular formula is C13H13FN4O. The Balaban J connectivity index is 1.80. The van der Waals surface area contributed by atoms with E-state index in [1.165, 1.54) is 4.68 Å². The lowest BCUT2D eigenvalue weighted by Gasteiger charge is -2.02. The predicted octanol–water partition coefficient (Wildman–Crippen LogP) is 1.84. The summed E-state index contributed by atoms with van der Waals surface area (Å²) < 4.78 is 19.0. The Labute approximate surface area is 110 Å². The van der Waals surface area contributed by atoms with Crippen LogP contribution in [0, 0.1) is 11.3 Å². The Bertz CT molecular complexity index is 559. The summed E-state index contributed by atoms with van der Waals surface area (Å²) in [4.78, 5) is 0. The molecule has 0 fully saturated rings. The topological polar surface area (TPSA) is 63.7 Å². The average Bonchev–Trinajstić information content (AvgIpc) is 2.88. The van der Waals surface area contributed by atoms with Gasteiger partial charge in [-0.2, -0.15) is 5.26 Å². The molecule has 0 aliphatic rings. The summed E-state index contributed by atoms with van der Waals surface area (Å²) in [5.74, 6) is 0. The zero-order valence-electron chi connectivity index (χ0n) is 10.3. The molecule has 0 amide bonds. The molecule has 2 aromatic rings. The zero-order chi connectivity index (χ0) is 13.5. The number of alkyl halides is 1. The van der Waals surface area contributed by atoms with Crippen molar-refractivity contribution in [1.82, 2.24) is 15.0 Å². The fourth-order valence-electron chi connectivity index (χ4n) is 1.55. The maximum atomic E-state index is 12.1. The minimum absolute atomic E-state index is 0.211. The van der Waals surface area contributed by atoms with Gasteiger partial charge in [0, 0.05) is 0 Å². The molecule has 0 saturated heterocycles. The van der Waals surface area contributed by atoms with Gasteiger partial charge in [-0.1, -0.05) is 17.3 Å². The molecule has 0 aliphatic heterocycles. The molecule has 0 saturated carbocycles. The first-order chi connectivity index (χ1) is 9.31. The SMILES string of the molecule is N#Cc1ccc(COCc2cn(CCF)nn2)cc1. The highest BCUT2D eigenvalue weighted by molar-refractivity contribution is 5.31. The maximum Gasteiger partial charge on any atom is 0.109 e. The monoisotopic (exact) mass is 260 g/mol. The first-order valence-corrected chi connectivity index (χ1v) is 5.83. The van der Waals surface area contributed by atoms with E-state index in [1.54, 1.807) is 18.3 Å². The van der Waals surface area contributed by atoms with Gasteiger partial charge in [-0.25, -0.2) is 9.07 Å². The Morgan fingerprint density at radius 3 is 2.74 bits per heavy atom. The molecule has 1 aromatic carbocycles. The van der Waals surface area contributed by atoms with Crippen molar-refractivity contribution < 1.29 is 9.13 Å². The largest absolute Gasteiger partial charge is 0.370 e. The van der Waals surface area contributed by atoms with Crippen LogP contribution in [-0.4, -0.2) is 21.7 Å². The summed E-state index contributed by atoms with van der Waals surface area (Å²) in [5, 5.41) is 16.3. The minimum atomic E-state index is -0.463. The van der Waals surface area contributed by atoms with Crippen LogP contribution >= 0.6 is 0 Å². The molecular weight excluding hydrogens is 247 g/mol. The van der Waals surface area contributed by atoms with Crippen LogP contribution in [0.15, 0.2) is 30.5 Å². The van der Waals surface area contributed by atoms with Crippen molar-refractivity contribution >= 4 is 0 Å². The van der Waals surface area contributed by atoms with E-state index in [0.717, 1.165) is 5.56 Å². The lowest BCUT2D eigenvalue weighted by atomic mass is 10.2. The second kappa shape index (κ2) is 6.61. The number of benzene rings is 1. The van der Waals surface area contributed by atoms with E-state index < -0.39 is 6.67 Å². The van der Waals surface area contributed by atoms with Crippen LogP contribution in [0.2, 0.25) is 0 Å². The van der Waals surface area contributed by atoms with Gasteiger partial charge in [-0.15, -0.1) is 5.10 Å². The van der Waals surface area contributed by atoms with Gasteiger partial charge in [0.05, 0.1) is 37.6 Å². The first kappa shape index (κ1) is 13.2. The Morgan fingerprint density at radius 2 is 2.05 bits per heavy atom. The van der Waals surface area contributed by atoms with Crippen molar-refractivity contribution in [2.75, 3.05) is 6.67 Å². The zero-order valence-corrected chi connectivity index (χ0v) is 10.3. The van der Waals surface area contributed by atoms with Crippen LogP contribution in [-0.2, 0) is 24.5 Å². The summed E-state index contributed by atoms with van der Waals surface area (Å²) >= 11 is 0. The Morgan fingerprint density at radius 1 is 1.26 bits per heavy atom. The van der Waals surface area contributed by atoms with Gasteiger partial charge in [0.1, 0.15) is 12.4 Å². The number of nitrogens with zero attached hydrogens (tertiary/aromatic N) is 4. The fraction of sp³-hybridized carbons (Fsp3) is 0.308. The van der Waals surface area contributed by atoms with Crippen LogP contribution in [0.1, 0.15) is 16.8 Å². The maximum absolute atomic E-state index is 12.1. The van der Waals surface area contributed by atoms with Crippen LogP contribution in [0.25, 0.3) is 0 Å². The normalized spacial score (nSPS) is 10.3. The second-order valence-corrected chi connectivity index (χ2v) is 3.96. The van der Waals surface area contributed by atoms with E-state index in [2.05, 4.69) is 16.4 Å². The van der Waals surface area contributed by atoms with Gasteiger partial charge >= 0.3 is 0 Å². The van der Waals surface area contributed by atoms with E-state index in [0.29, 0.717) is 24.5 Å². The quantitative estimate of drug-likeness (QED) is 0.795. The summed E-state index contributed by atoms with van der Waals surface area (Å²) in [6, 6.07) is 9.24. The third-order valence-electron chi connectivity index (χ3n) is 2.50. The molecule has 6 heteroatoms. The molecule has 5 nitrogen and oxygen atoms in total. The van der Waals surface area contributed by atoms with Crippen LogP contribution in [0.3, 0.4) is 0 Å². The third kappa shape index (κ3) is 3.86. The summed E-state index contributed by atoms with van der Waals surface area (Å²) in [6.45, 7) is 0.505. The Hall–Kier alpha value is -2.26. The number of halogens is 1. The van der Waals surface area contributed by atoms with Gasteiger partial charge in [-0.05, 0) is 17.7 Å². The molecule has 0 atom stereocenters. The highest BCUT2D eigenvalue weighted by Gasteiger charge is 2.01. The van der Waals surface area contributed by atoms with Crippen LogP contribution < -0.4 is 0 Å². The molecule has 0 bridgehead atoms. The lowest BCUT2D eigenvalue weighted by Crippen LogP contribution is -1.99. The summed E-state index contributed by atoms with van der Waals surface area (Å²) in [7, 11) is 0. The molecule has 0 radical (unpaired) electrons. The van der Waals surface area contributed by atoms with E-state index in [1.807, 2.05) is 12.1 Å². The van der Waals surface area contributed by atoms with E-state index in [4.69, 9.17) is 10.00 Å². The number of ether oxygens (including phenoxy) is 1. The highest BCUT2D eigenvalue weighted by Crippen LogP contribution is 2.06. The predicted molar refractivity (Wildman–Crippen MR) is 65.6 cm³/mol. The number of aromatic nitrogens is 3. The summed E-state index contributed by atoms with van der Waals surface area (Å²) in [5.41, 5.74) is 2.27. The molecule has 0 spiro atoms. The smallest absolute Gasteiger partial charge is 0.109 e. The summed E-state index contributed by atoms with van der Waals surface area (Å²) in [6.07, 6.45) is 1.67. The number of nitriles is 1. The van der Waals surface area contributed by atoms with Gasteiger partial charge < -0.3 is 4.74 Å². The van der Waals surface area contributed by atoms with Gasteiger partial charge in [0.25, 0.3) is 0 Å². The fourth-order valence-corrected chi connectivity index (χ4v) is 1.55. The number of hydrogen-bond donors (Lipinski definition) is 0. The third-order valence-corrected chi connectivity index (χ3v) is 2.50. The molecule has 2 rings (SSSR count). The molecule has 0 aliphatic carbocycles. The van der Waals surface area contributed by atoms with E-state index >= 15 is 0 Å². The van der Waals surface area contributed by atoms with Crippen molar-refractivity contribution in [2.45, 2.75) is 19.8 Å². The van der Waals surface area contributed by atoms with Gasteiger partial charge in [0.2, 0.25) is 0 Å². The Kier molecular flexibility index (Phi) is 4.59. The number of hydrogen-bond acceptors (Lipinski definition) is 4. The lowest BCUT2D eigenvalue weighted by molar-refractivity contribution is 0.104. The van der Waals surface area contributed by atoms with Crippen molar-refractivity contribution in [3.63, 3.8) is 0 Å². The highest BCUT2D eigenvalue weighted by atomic mass is 19.1. The molecule has 1 aromatic heterocycles. The standard InChI is InChI=1S/C13H13FN4O/c14-5-6-18-8-13(16-17-18)10-19-9-12-3-1-11(7-15)2-4-12/h1-4,8H,5-6,9-10H2. The van der Waals surface area contributed by atoms with E-state index in [9.17, 15) is 4.39 Å². The van der Waals surface area contributed by atoms with Gasteiger partial charge in [-0.3, -0.25) is 0 Å². The number of rotatable bonds is 6. The van der Waals surface area contributed by atoms with Gasteiger partial charge in [0.15, 0.2) is 0 Å². The first-order valence-electron chi connectivity index (χ1n) is 5.83. The van der Waals surface area contributed by atoms with Crippen molar-refractivity contribution in [1.29, 1.82) is 5.26 Å². The van der Waals surface area contributed by atoms with Crippen molar-refractivity contribution in [2.24, 2.45) is 0 Å². The average molecular weight is 260 g/mol. The molecule has 0 unspecified atom stereocenters. The molecule has 98 valence electrons. The minimum Gasteiger partial charge on any atom is -0.370 e. The molecule has 0 N–H and O–H groups in total. The van der Waals surface area contributed by atoms with E-state index in [-0.39, 0.29) is 6.54 Å². The second-order valence-electron chi connectivity index (χ2n) is 3.96. The van der Waals surface area contributed by atoms with Crippen molar-refractivity contribution in [3.8, 4) is 6.07 Å². The molecule has 1 heterocycles. The molecule has 19 heavy (non-hydrogen) atoms. The van der Waals surface area contributed by atoms with Crippen LogP contribution in [0.5, 0.6) is 0 Å². The van der Waals surface area contributed by atoms with Crippen molar-refractivity contribution in [3.05, 3.63) is 47.3 Å². The van der Waals surface area contributed by atoms with Crippen LogP contribution in [0.4, 0.5) is 4.39 Å². The number of aryl methyl sites for hydroxylation is 1.